The maximum atomic E-state index is 13.1. The second-order valence-electron chi connectivity index (χ2n) is 7.65. The van der Waals surface area contributed by atoms with Crippen molar-refractivity contribution >= 4 is 23.8 Å². The second-order valence-corrected chi connectivity index (χ2v) is 11.1. The molecule has 2 rings (SSSR count). The van der Waals surface area contributed by atoms with Gasteiger partial charge in [0.1, 0.15) is 17.4 Å². The summed E-state index contributed by atoms with van der Waals surface area (Å²) in [6.45, 7) is 11.6. The van der Waals surface area contributed by atoms with Crippen LogP contribution in [-0.4, -0.2) is 44.2 Å². The van der Waals surface area contributed by atoms with Gasteiger partial charge in [-0.25, -0.2) is 17.3 Å². The number of phosphoric ester groups is 1. The molecule has 0 unspecified atom stereocenters. The topological polar surface area (TPSA) is 108 Å². The summed E-state index contributed by atoms with van der Waals surface area (Å²) < 4.78 is 60.8. The van der Waals surface area contributed by atoms with Crippen LogP contribution in [-0.2, 0) is 28.2 Å². The lowest BCUT2D eigenvalue weighted by atomic mass is 9.96. The molecule has 0 aromatic heterocycles. The third-order valence-electron chi connectivity index (χ3n) is 4.06. The van der Waals surface area contributed by atoms with Crippen LogP contribution in [0, 0.1) is 0 Å². The predicted octanol–water partition coefficient (Wildman–Crippen LogP) is 4.29. The lowest BCUT2D eigenvalue weighted by Crippen LogP contribution is -2.32. The monoisotopic (exact) mass is 463 g/mol. The van der Waals surface area contributed by atoms with Crippen LogP contribution in [0.1, 0.15) is 70.3 Å². The van der Waals surface area contributed by atoms with Crippen molar-refractivity contribution < 1.29 is 36.1 Å². The Morgan fingerprint density at radius 1 is 1.03 bits per heavy atom. The fraction of sp³-hybridized carbons (Fsp3) is 0.632. The summed E-state index contributed by atoms with van der Waals surface area (Å²) in [7, 11) is -8.32. The van der Waals surface area contributed by atoms with E-state index in [-0.39, 0.29) is 16.4 Å². The van der Waals surface area contributed by atoms with E-state index in [0.29, 0.717) is 22.2 Å². The Balaban J connectivity index is 2.42. The number of rotatable bonds is 10. The lowest BCUT2D eigenvalue weighted by Gasteiger charge is -2.24. The number of ether oxygens (including phenoxy) is 1. The van der Waals surface area contributed by atoms with E-state index in [1.54, 1.807) is 40.7 Å². The molecule has 0 spiro atoms. The number of carbonyl (C=O) groups excluding carboxylic acids is 1. The molecule has 1 aliphatic rings. The molecule has 1 aromatic rings. The number of carbonyl (C=O) groups is 1. The van der Waals surface area contributed by atoms with Gasteiger partial charge in [-0.15, -0.1) is 0 Å². The molecule has 11 heteroatoms. The van der Waals surface area contributed by atoms with Gasteiger partial charge in [0.25, 0.3) is 15.9 Å². The van der Waals surface area contributed by atoms with E-state index in [2.05, 4.69) is 0 Å². The third kappa shape index (κ3) is 5.23. The Labute approximate surface area is 178 Å². The molecule has 0 atom stereocenters. The zero-order valence-electron chi connectivity index (χ0n) is 18.4. The predicted molar refractivity (Wildman–Crippen MR) is 111 cm³/mol. The van der Waals surface area contributed by atoms with Crippen LogP contribution in [0.15, 0.2) is 17.0 Å². The largest absolute Gasteiger partial charge is 0.494 e. The number of hydrogen-bond acceptors (Lipinski definition) is 8. The molecule has 0 bridgehead atoms. The Bertz CT molecular complexity index is 928. The zero-order chi connectivity index (χ0) is 22.9. The third-order valence-corrected chi connectivity index (χ3v) is 7.58. The van der Waals surface area contributed by atoms with Crippen LogP contribution in [0.4, 0.5) is 0 Å². The molecule has 30 heavy (non-hydrogen) atoms. The molecular formula is C19H30NO8PS. The minimum atomic E-state index is -4.23. The highest BCUT2D eigenvalue weighted by Gasteiger charge is 2.45. The van der Waals surface area contributed by atoms with E-state index in [9.17, 15) is 17.8 Å². The number of benzene rings is 1. The number of sulfonamides is 1. The normalized spacial score (nSPS) is 16.1. The summed E-state index contributed by atoms with van der Waals surface area (Å²) >= 11 is 0. The van der Waals surface area contributed by atoms with Gasteiger partial charge in [-0.3, -0.25) is 18.4 Å². The van der Waals surface area contributed by atoms with E-state index in [0.717, 1.165) is 0 Å². The summed E-state index contributed by atoms with van der Waals surface area (Å²) in [6, 6.07) is 2.99. The number of amides is 1. The maximum absolute atomic E-state index is 13.1. The van der Waals surface area contributed by atoms with Gasteiger partial charge in [0, 0.05) is 6.07 Å². The van der Waals surface area contributed by atoms with E-state index in [1.807, 2.05) is 13.8 Å². The van der Waals surface area contributed by atoms with Crippen molar-refractivity contribution in [1.82, 2.24) is 4.31 Å². The molecule has 1 aliphatic heterocycles. The van der Waals surface area contributed by atoms with Crippen LogP contribution < -0.4 is 4.74 Å². The highest BCUT2D eigenvalue weighted by Crippen LogP contribution is 2.52. The molecule has 0 N–H and O–H groups in total. The molecule has 0 fully saturated rings. The van der Waals surface area contributed by atoms with Crippen molar-refractivity contribution in [3.05, 3.63) is 23.3 Å². The van der Waals surface area contributed by atoms with E-state index >= 15 is 0 Å². The molecule has 0 radical (unpaired) electrons. The van der Waals surface area contributed by atoms with Crippen molar-refractivity contribution in [3.8, 4) is 5.75 Å². The number of nitrogens with zero attached hydrogens (tertiary/aromatic N) is 1. The van der Waals surface area contributed by atoms with Crippen LogP contribution in [0.3, 0.4) is 0 Å². The first-order valence-electron chi connectivity index (χ1n) is 9.81. The lowest BCUT2D eigenvalue weighted by molar-refractivity contribution is 0.0496. The fourth-order valence-electron chi connectivity index (χ4n) is 2.95. The number of phosphoric acid groups is 1. The van der Waals surface area contributed by atoms with Crippen molar-refractivity contribution in [3.63, 3.8) is 0 Å². The highest BCUT2D eigenvalue weighted by molar-refractivity contribution is 7.90. The summed E-state index contributed by atoms with van der Waals surface area (Å²) in [5, 5.41) is 0. The first-order valence-corrected chi connectivity index (χ1v) is 12.7. The number of fused-ring (bicyclic) bond motifs is 1. The first-order chi connectivity index (χ1) is 13.8. The summed E-state index contributed by atoms with van der Waals surface area (Å²) in [5.74, 6) is -0.521. The zero-order valence-corrected chi connectivity index (χ0v) is 20.1. The van der Waals surface area contributed by atoms with Gasteiger partial charge in [-0.05, 0) is 52.2 Å². The molecule has 1 aromatic carbocycles. The molecule has 1 amide bonds. The van der Waals surface area contributed by atoms with Gasteiger partial charge in [0.05, 0.1) is 24.4 Å². The van der Waals surface area contributed by atoms with E-state index in [4.69, 9.17) is 18.3 Å². The minimum Gasteiger partial charge on any atom is -0.494 e. The van der Waals surface area contributed by atoms with Gasteiger partial charge in [0.15, 0.2) is 0 Å². The van der Waals surface area contributed by atoms with Crippen molar-refractivity contribution in [2.24, 2.45) is 0 Å². The van der Waals surface area contributed by atoms with Gasteiger partial charge in [0.2, 0.25) is 0 Å². The Hall–Kier alpha value is -1.45. The summed E-state index contributed by atoms with van der Waals surface area (Å²) in [6.07, 6.45) is -1.00. The number of hydrogen-bond donors (Lipinski definition) is 0. The second kappa shape index (κ2) is 9.36. The van der Waals surface area contributed by atoms with Gasteiger partial charge in [-0.1, -0.05) is 13.8 Å². The molecule has 0 aliphatic carbocycles. The molecule has 0 saturated heterocycles. The standard InChI is InChI=1S/C19H30NO8PS/c1-8-25-15-9-16(12(2)3)18-17(10-15)30(23,24)20(19(18)21)11-26-29(22,27-13(4)5)28-14(6)7/h9-10,12-14H,8,11H2,1-7H3. The first kappa shape index (κ1) is 24.8. The molecule has 170 valence electrons. The fourth-order valence-corrected chi connectivity index (χ4v) is 5.96. The highest BCUT2D eigenvalue weighted by atomic mass is 32.2. The van der Waals surface area contributed by atoms with Crippen molar-refractivity contribution in [2.75, 3.05) is 13.3 Å². The maximum Gasteiger partial charge on any atom is 0.477 e. The Kier molecular flexibility index (Phi) is 7.74. The van der Waals surface area contributed by atoms with Gasteiger partial charge in [-0.2, -0.15) is 0 Å². The van der Waals surface area contributed by atoms with Gasteiger partial charge >= 0.3 is 7.82 Å². The molecule has 0 saturated carbocycles. The molecule has 1 heterocycles. The van der Waals surface area contributed by atoms with Crippen LogP contribution >= 0.6 is 7.82 Å². The minimum absolute atomic E-state index is 0.0708. The van der Waals surface area contributed by atoms with Gasteiger partial charge < -0.3 is 4.74 Å². The average Bonchev–Trinajstić information content (AvgIpc) is 2.77. The quantitative estimate of drug-likeness (QED) is 0.473. The molecular weight excluding hydrogens is 433 g/mol. The molecule has 9 nitrogen and oxygen atoms in total. The SMILES string of the molecule is CCOc1cc(C(C)C)c2c(c1)S(=O)(=O)N(COP(=O)(OC(C)C)OC(C)C)C2=O. The summed E-state index contributed by atoms with van der Waals surface area (Å²) in [4.78, 5) is 12.9. The Morgan fingerprint density at radius 2 is 1.60 bits per heavy atom. The van der Waals surface area contributed by atoms with Crippen LogP contribution in [0.2, 0.25) is 0 Å². The van der Waals surface area contributed by atoms with E-state index < -0.39 is 42.7 Å². The van der Waals surface area contributed by atoms with Crippen LogP contribution in [0.5, 0.6) is 5.75 Å². The Morgan fingerprint density at radius 3 is 2.07 bits per heavy atom. The van der Waals surface area contributed by atoms with Crippen molar-refractivity contribution in [2.45, 2.75) is 71.5 Å². The smallest absolute Gasteiger partial charge is 0.477 e. The van der Waals surface area contributed by atoms with E-state index in [1.165, 1.54) is 6.07 Å². The van der Waals surface area contributed by atoms with Crippen LogP contribution in [0.25, 0.3) is 0 Å². The average molecular weight is 463 g/mol. The van der Waals surface area contributed by atoms with Crippen molar-refractivity contribution in [1.29, 1.82) is 0 Å². The summed E-state index contributed by atoms with van der Waals surface area (Å²) in [5.41, 5.74) is 0.619.